The fourth-order valence-electron chi connectivity index (χ4n) is 1.55. The summed E-state index contributed by atoms with van der Waals surface area (Å²) in [4.78, 5) is 0. The van der Waals surface area contributed by atoms with Crippen molar-refractivity contribution in [1.82, 2.24) is 0 Å². The minimum atomic E-state index is -0.722. The van der Waals surface area contributed by atoms with Crippen molar-refractivity contribution in [1.29, 1.82) is 0 Å². The Bertz CT molecular complexity index is 340. The normalized spacial score (nSPS) is 14.4. The van der Waals surface area contributed by atoms with Crippen LogP contribution in [0.15, 0.2) is 18.2 Å². The standard InChI is InChI=1S/C12H17F2NO2/c1-2-3-11(15)12(7-16)17-10-5-8(13)4-9(14)6-10/h4-6,11-12,16H,2-3,7,15H2,1H3. The van der Waals surface area contributed by atoms with E-state index in [1.807, 2.05) is 6.92 Å². The summed E-state index contributed by atoms with van der Waals surface area (Å²) in [5, 5.41) is 9.13. The monoisotopic (exact) mass is 245 g/mol. The maximum Gasteiger partial charge on any atom is 0.137 e. The molecule has 96 valence electrons. The minimum Gasteiger partial charge on any atom is -0.486 e. The number of aliphatic hydroxyl groups is 1. The Labute approximate surface area is 99.2 Å². The van der Waals surface area contributed by atoms with E-state index >= 15 is 0 Å². The number of hydrogen-bond acceptors (Lipinski definition) is 3. The number of benzene rings is 1. The van der Waals surface area contributed by atoms with E-state index in [9.17, 15) is 8.78 Å². The van der Waals surface area contributed by atoms with Crippen LogP contribution in [0.4, 0.5) is 8.78 Å². The molecular weight excluding hydrogens is 228 g/mol. The zero-order valence-corrected chi connectivity index (χ0v) is 9.70. The molecule has 17 heavy (non-hydrogen) atoms. The van der Waals surface area contributed by atoms with E-state index in [1.165, 1.54) is 0 Å². The lowest BCUT2D eigenvalue weighted by Crippen LogP contribution is -2.41. The molecule has 0 amide bonds. The first-order valence-electron chi connectivity index (χ1n) is 5.56. The summed E-state index contributed by atoms with van der Waals surface area (Å²) in [7, 11) is 0. The maximum atomic E-state index is 12.9. The van der Waals surface area contributed by atoms with Gasteiger partial charge in [0.1, 0.15) is 23.5 Å². The van der Waals surface area contributed by atoms with Gasteiger partial charge in [-0.1, -0.05) is 13.3 Å². The highest BCUT2D eigenvalue weighted by molar-refractivity contribution is 5.24. The average Bonchev–Trinajstić information content (AvgIpc) is 2.24. The lowest BCUT2D eigenvalue weighted by molar-refractivity contribution is 0.0910. The van der Waals surface area contributed by atoms with Gasteiger partial charge in [-0.15, -0.1) is 0 Å². The summed E-state index contributed by atoms with van der Waals surface area (Å²) in [6, 6.07) is 2.51. The van der Waals surface area contributed by atoms with Crippen molar-refractivity contribution in [3.05, 3.63) is 29.8 Å². The smallest absolute Gasteiger partial charge is 0.137 e. The van der Waals surface area contributed by atoms with E-state index in [2.05, 4.69) is 0 Å². The molecule has 0 fully saturated rings. The lowest BCUT2D eigenvalue weighted by atomic mass is 10.1. The number of hydrogen-bond donors (Lipinski definition) is 2. The molecule has 2 atom stereocenters. The Morgan fingerprint density at radius 1 is 1.29 bits per heavy atom. The predicted molar refractivity (Wildman–Crippen MR) is 60.7 cm³/mol. The number of aliphatic hydroxyl groups excluding tert-OH is 1. The summed E-state index contributed by atoms with van der Waals surface area (Å²) in [5.74, 6) is -1.41. The number of nitrogens with two attached hydrogens (primary N) is 1. The van der Waals surface area contributed by atoms with Gasteiger partial charge in [-0.3, -0.25) is 0 Å². The van der Waals surface area contributed by atoms with Gasteiger partial charge in [0.25, 0.3) is 0 Å². The SMILES string of the molecule is CCCC(N)C(CO)Oc1cc(F)cc(F)c1. The quantitative estimate of drug-likeness (QED) is 0.804. The number of rotatable bonds is 6. The Morgan fingerprint density at radius 3 is 2.35 bits per heavy atom. The summed E-state index contributed by atoms with van der Waals surface area (Å²) in [6.07, 6.45) is 0.859. The average molecular weight is 245 g/mol. The molecule has 0 aliphatic rings. The predicted octanol–water partition coefficient (Wildman–Crippen LogP) is 1.83. The molecule has 0 aliphatic heterocycles. The largest absolute Gasteiger partial charge is 0.486 e. The van der Waals surface area contributed by atoms with Crippen LogP contribution in [0.2, 0.25) is 0 Å². The Balaban J connectivity index is 2.73. The van der Waals surface area contributed by atoms with E-state index in [1.54, 1.807) is 0 Å². The first-order chi connectivity index (χ1) is 8.06. The molecular formula is C12H17F2NO2. The van der Waals surface area contributed by atoms with Gasteiger partial charge in [0, 0.05) is 24.2 Å². The Kier molecular flexibility index (Phi) is 5.31. The molecule has 3 nitrogen and oxygen atoms in total. The van der Waals surface area contributed by atoms with Crippen LogP contribution in [0.3, 0.4) is 0 Å². The van der Waals surface area contributed by atoms with Gasteiger partial charge in [0.05, 0.1) is 6.61 Å². The van der Waals surface area contributed by atoms with Crippen LogP contribution < -0.4 is 10.5 Å². The third kappa shape index (κ3) is 4.28. The van der Waals surface area contributed by atoms with E-state index in [4.69, 9.17) is 15.6 Å². The summed E-state index contributed by atoms with van der Waals surface area (Å²) in [5.41, 5.74) is 5.79. The maximum absolute atomic E-state index is 12.9. The highest BCUT2D eigenvalue weighted by Crippen LogP contribution is 2.18. The first-order valence-corrected chi connectivity index (χ1v) is 5.56. The second-order valence-corrected chi connectivity index (χ2v) is 3.90. The molecule has 5 heteroatoms. The van der Waals surface area contributed by atoms with Gasteiger partial charge >= 0.3 is 0 Å². The first kappa shape index (κ1) is 13.9. The van der Waals surface area contributed by atoms with Crippen molar-refractivity contribution in [2.75, 3.05) is 6.61 Å². The van der Waals surface area contributed by atoms with Crippen molar-refractivity contribution in [3.63, 3.8) is 0 Å². The van der Waals surface area contributed by atoms with E-state index in [-0.39, 0.29) is 18.4 Å². The highest BCUT2D eigenvalue weighted by atomic mass is 19.1. The molecule has 0 aliphatic carbocycles. The fraction of sp³-hybridized carbons (Fsp3) is 0.500. The van der Waals surface area contributed by atoms with Gasteiger partial charge in [-0.2, -0.15) is 0 Å². The minimum absolute atomic E-state index is 0.0353. The third-order valence-electron chi connectivity index (χ3n) is 2.40. The molecule has 0 spiro atoms. The van der Waals surface area contributed by atoms with Crippen molar-refractivity contribution >= 4 is 0 Å². The molecule has 0 aromatic heterocycles. The van der Waals surface area contributed by atoms with Crippen LogP contribution >= 0.6 is 0 Å². The molecule has 0 heterocycles. The van der Waals surface area contributed by atoms with Crippen molar-refractivity contribution < 1.29 is 18.6 Å². The van der Waals surface area contributed by atoms with Crippen LogP contribution in [0.1, 0.15) is 19.8 Å². The summed E-state index contributed by atoms with van der Waals surface area (Å²) < 4.78 is 31.1. The van der Waals surface area contributed by atoms with Gasteiger partial charge in [-0.25, -0.2) is 8.78 Å². The molecule has 3 N–H and O–H groups in total. The number of halogens is 2. The van der Waals surface area contributed by atoms with E-state index in [0.717, 1.165) is 24.6 Å². The van der Waals surface area contributed by atoms with Crippen LogP contribution in [0.25, 0.3) is 0 Å². The molecule has 1 rings (SSSR count). The molecule has 1 aromatic carbocycles. The Morgan fingerprint density at radius 2 is 1.88 bits per heavy atom. The van der Waals surface area contributed by atoms with Crippen molar-refractivity contribution in [3.8, 4) is 5.75 Å². The second kappa shape index (κ2) is 6.51. The molecule has 0 radical (unpaired) electrons. The summed E-state index contributed by atoms with van der Waals surface area (Å²) in [6.45, 7) is 1.66. The van der Waals surface area contributed by atoms with Crippen molar-refractivity contribution in [2.24, 2.45) is 5.73 Å². The van der Waals surface area contributed by atoms with Crippen LogP contribution in [0.5, 0.6) is 5.75 Å². The second-order valence-electron chi connectivity index (χ2n) is 3.90. The molecule has 2 unspecified atom stereocenters. The van der Waals surface area contributed by atoms with Crippen LogP contribution in [-0.4, -0.2) is 23.9 Å². The van der Waals surface area contributed by atoms with Crippen LogP contribution in [-0.2, 0) is 0 Å². The highest BCUT2D eigenvalue weighted by Gasteiger charge is 2.18. The van der Waals surface area contributed by atoms with Crippen LogP contribution in [0, 0.1) is 11.6 Å². The van der Waals surface area contributed by atoms with Gasteiger partial charge in [0.15, 0.2) is 0 Å². The lowest BCUT2D eigenvalue weighted by Gasteiger charge is -2.23. The van der Waals surface area contributed by atoms with Gasteiger partial charge in [0.2, 0.25) is 0 Å². The van der Waals surface area contributed by atoms with Gasteiger partial charge < -0.3 is 15.6 Å². The zero-order chi connectivity index (χ0) is 12.8. The van der Waals surface area contributed by atoms with Gasteiger partial charge in [-0.05, 0) is 6.42 Å². The topological polar surface area (TPSA) is 55.5 Å². The molecule has 0 saturated carbocycles. The van der Waals surface area contributed by atoms with Crippen molar-refractivity contribution in [2.45, 2.75) is 31.9 Å². The Hall–Kier alpha value is -1.20. The summed E-state index contributed by atoms with van der Waals surface area (Å²) >= 11 is 0. The number of ether oxygens (including phenoxy) is 1. The zero-order valence-electron chi connectivity index (χ0n) is 9.70. The van der Waals surface area contributed by atoms with E-state index in [0.29, 0.717) is 6.42 Å². The van der Waals surface area contributed by atoms with E-state index < -0.39 is 17.7 Å². The fourth-order valence-corrected chi connectivity index (χ4v) is 1.55. The molecule has 0 bridgehead atoms. The third-order valence-corrected chi connectivity index (χ3v) is 2.40. The molecule has 0 saturated heterocycles. The molecule has 1 aromatic rings.